The van der Waals surface area contributed by atoms with E-state index < -0.39 is 12.0 Å². The predicted molar refractivity (Wildman–Crippen MR) is 82.7 cm³/mol. The van der Waals surface area contributed by atoms with Crippen molar-refractivity contribution in [3.8, 4) is 0 Å². The predicted octanol–water partition coefficient (Wildman–Crippen LogP) is 1.53. The zero-order valence-electron chi connectivity index (χ0n) is 12.3. The molecule has 2 rings (SSSR count). The molecule has 2 atom stereocenters. The van der Waals surface area contributed by atoms with Crippen molar-refractivity contribution < 1.29 is 14.7 Å². The smallest absolute Gasteiger partial charge is 0.327 e. The molecule has 0 aliphatic carbocycles. The Hall–Kier alpha value is -1.76. The molecule has 0 spiro atoms. The third-order valence-corrected chi connectivity index (χ3v) is 4.87. The molecule has 0 aromatic carbocycles. The summed E-state index contributed by atoms with van der Waals surface area (Å²) in [5, 5.41) is 9.19. The standard InChI is InChI=1S/C14H19N3O3S/c1-4-12-17(10(8-21-12)14(19)20)13(18)9-5-6-11(15-7-9)16(2)3/h5-7,10,12H,4,8H2,1-3H3,(H,19,20). The first-order valence-corrected chi connectivity index (χ1v) is 7.81. The monoisotopic (exact) mass is 309 g/mol. The second kappa shape index (κ2) is 6.34. The van der Waals surface area contributed by atoms with E-state index in [1.807, 2.05) is 25.9 Å². The number of hydrogen-bond donors (Lipinski definition) is 1. The van der Waals surface area contributed by atoms with E-state index in [2.05, 4.69) is 4.98 Å². The highest BCUT2D eigenvalue weighted by atomic mass is 32.2. The number of anilines is 1. The molecule has 0 radical (unpaired) electrons. The van der Waals surface area contributed by atoms with Crippen molar-refractivity contribution in [1.29, 1.82) is 0 Å². The van der Waals surface area contributed by atoms with Crippen molar-refractivity contribution in [2.75, 3.05) is 24.7 Å². The maximum Gasteiger partial charge on any atom is 0.327 e. The van der Waals surface area contributed by atoms with Crippen LogP contribution in [0.4, 0.5) is 5.82 Å². The van der Waals surface area contributed by atoms with Crippen LogP contribution in [0.25, 0.3) is 0 Å². The second-order valence-corrected chi connectivity index (χ2v) is 6.27. The van der Waals surface area contributed by atoms with Crippen LogP contribution in [0.5, 0.6) is 0 Å². The number of aromatic nitrogens is 1. The van der Waals surface area contributed by atoms with Crippen LogP contribution in [0.2, 0.25) is 0 Å². The van der Waals surface area contributed by atoms with Crippen molar-refractivity contribution in [1.82, 2.24) is 9.88 Å². The quantitative estimate of drug-likeness (QED) is 0.909. The third-order valence-electron chi connectivity index (χ3n) is 3.41. The molecular formula is C14H19N3O3S. The number of pyridine rings is 1. The van der Waals surface area contributed by atoms with Crippen molar-refractivity contribution in [2.24, 2.45) is 0 Å². The molecule has 1 amide bonds. The minimum atomic E-state index is -0.954. The number of hydrogen-bond acceptors (Lipinski definition) is 5. The summed E-state index contributed by atoms with van der Waals surface area (Å²) < 4.78 is 0. The first-order chi connectivity index (χ1) is 9.95. The first-order valence-electron chi connectivity index (χ1n) is 6.76. The summed E-state index contributed by atoms with van der Waals surface area (Å²) in [6.07, 6.45) is 2.23. The Morgan fingerprint density at radius 2 is 2.19 bits per heavy atom. The highest BCUT2D eigenvalue weighted by Crippen LogP contribution is 2.32. The molecule has 7 heteroatoms. The zero-order valence-corrected chi connectivity index (χ0v) is 13.1. The summed E-state index contributed by atoms with van der Waals surface area (Å²) in [6, 6.07) is 2.69. The van der Waals surface area contributed by atoms with E-state index in [1.54, 1.807) is 12.1 Å². The van der Waals surface area contributed by atoms with E-state index in [1.165, 1.54) is 22.9 Å². The minimum absolute atomic E-state index is 0.0906. The van der Waals surface area contributed by atoms with Gasteiger partial charge in [0.25, 0.3) is 5.91 Å². The number of aliphatic carboxylic acids is 1. The van der Waals surface area contributed by atoms with Gasteiger partial charge in [0.2, 0.25) is 0 Å². The van der Waals surface area contributed by atoms with E-state index in [4.69, 9.17) is 0 Å². The van der Waals surface area contributed by atoms with Crippen LogP contribution in [-0.4, -0.2) is 58.1 Å². The van der Waals surface area contributed by atoms with Gasteiger partial charge in [0.1, 0.15) is 11.9 Å². The van der Waals surface area contributed by atoms with Crippen molar-refractivity contribution in [2.45, 2.75) is 24.8 Å². The summed E-state index contributed by atoms with van der Waals surface area (Å²) in [5.74, 6) is -0.0334. The average molecular weight is 309 g/mol. The van der Waals surface area contributed by atoms with Crippen LogP contribution in [-0.2, 0) is 4.79 Å². The van der Waals surface area contributed by atoms with Crippen molar-refractivity contribution in [3.63, 3.8) is 0 Å². The molecule has 0 bridgehead atoms. The minimum Gasteiger partial charge on any atom is -0.480 e. The van der Waals surface area contributed by atoms with Gasteiger partial charge in [0.05, 0.1) is 10.9 Å². The molecule has 6 nitrogen and oxygen atoms in total. The van der Waals surface area contributed by atoms with E-state index >= 15 is 0 Å². The molecular weight excluding hydrogens is 290 g/mol. The molecule has 1 aliphatic heterocycles. The molecule has 21 heavy (non-hydrogen) atoms. The van der Waals surface area contributed by atoms with Crippen LogP contribution >= 0.6 is 11.8 Å². The fourth-order valence-electron chi connectivity index (χ4n) is 2.27. The number of carbonyl (C=O) groups is 2. The highest BCUT2D eigenvalue weighted by molar-refractivity contribution is 8.00. The normalized spacial score (nSPS) is 21.4. The van der Waals surface area contributed by atoms with E-state index in [0.717, 1.165) is 12.2 Å². The molecule has 114 valence electrons. The Kier molecular flexibility index (Phi) is 4.72. The summed E-state index contributed by atoms with van der Waals surface area (Å²) >= 11 is 1.51. The van der Waals surface area contributed by atoms with Gasteiger partial charge in [0, 0.05) is 26.0 Å². The van der Waals surface area contributed by atoms with Gasteiger partial charge in [-0.1, -0.05) is 6.92 Å². The Morgan fingerprint density at radius 3 is 2.67 bits per heavy atom. The van der Waals surface area contributed by atoms with Crippen molar-refractivity contribution >= 4 is 29.5 Å². The molecule has 1 N–H and O–H groups in total. The fraction of sp³-hybridized carbons (Fsp3) is 0.500. The van der Waals surface area contributed by atoms with Gasteiger partial charge in [-0.05, 0) is 18.6 Å². The maximum atomic E-state index is 12.6. The topological polar surface area (TPSA) is 73.7 Å². The number of rotatable bonds is 4. The van der Waals surface area contributed by atoms with Gasteiger partial charge < -0.3 is 14.9 Å². The third kappa shape index (κ3) is 3.12. The number of amides is 1. The first kappa shape index (κ1) is 15.6. The van der Waals surface area contributed by atoms with E-state index in [-0.39, 0.29) is 11.3 Å². The molecule has 2 heterocycles. The SMILES string of the molecule is CCC1SCC(C(=O)O)N1C(=O)c1ccc(N(C)C)nc1. The van der Waals surface area contributed by atoms with Crippen LogP contribution < -0.4 is 4.90 Å². The Bertz CT molecular complexity index is 533. The van der Waals surface area contributed by atoms with Gasteiger partial charge in [-0.25, -0.2) is 9.78 Å². The largest absolute Gasteiger partial charge is 0.480 e. The van der Waals surface area contributed by atoms with Crippen LogP contribution in [0.15, 0.2) is 18.3 Å². The molecule has 2 unspecified atom stereocenters. The van der Waals surface area contributed by atoms with Crippen LogP contribution in [0, 0.1) is 0 Å². The lowest BCUT2D eigenvalue weighted by molar-refractivity contribution is -0.141. The Morgan fingerprint density at radius 1 is 1.48 bits per heavy atom. The molecule has 1 aliphatic rings. The van der Waals surface area contributed by atoms with Gasteiger partial charge in [-0.3, -0.25) is 4.79 Å². The summed E-state index contributed by atoms with van der Waals surface area (Å²) in [4.78, 5) is 31.5. The number of thioether (sulfide) groups is 1. The summed E-state index contributed by atoms with van der Waals surface area (Å²) in [5.41, 5.74) is 0.424. The molecule has 0 saturated carbocycles. The zero-order chi connectivity index (χ0) is 15.6. The van der Waals surface area contributed by atoms with Crippen molar-refractivity contribution in [3.05, 3.63) is 23.9 Å². The fourth-order valence-corrected chi connectivity index (χ4v) is 3.61. The Labute approximate surface area is 128 Å². The lowest BCUT2D eigenvalue weighted by Crippen LogP contribution is -2.45. The molecule has 1 aromatic heterocycles. The lowest BCUT2D eigenvalue weighted by Gasteiger charge is -2.26. The number of carboxylic acid groups (broad SMARTS) is 1. The number of nitrogens with zero attached hydrogens (tertiary/aromatic N) is 3. The Balaban J connectivity index is 2.25. The van der Waals surface area contributed by atoms with Crippen LogP contribution in [0.3, 0.4) is 0 Å². The van der Waals surface area contributed by atoms with E-state index in [0.29, 0.717) is 11.3 Å². The average Bonchev–Trinajstić information content (AvgIpc) is 2.90. The van der Waals surface area contributed by atoms with E-state index in [9.17, 15) is 14.7 Å². The van der Waals surface area contributed by atoms with Crippen LogP contribution in [0.1, 0.15) is 23.7 Å². The summed E-state index contributed by atoms with van der Waals surface area (Å²) in [6.45, 7) is 1.95. The van der Waals surface area contributed by atoms with Gasteiger partial charge in [-0.15, -0.1) is 11.8 Å². The summed E-state index contributed by atoms with van der Waals surface area (Å²) in [7, 11) is 3.74. The molecule has 1 aromatic rings. The lowest BCUT2D eigenvalue weighted by atomic mass is 10.2. The second-order valence-electron chi connectivity index (χ2n) is 5.06. The van der Waals surface area contributed by atoms with Gasteiger partial charge in [0.15, 0.2) is 0 Å². The highest BCUT2D eigenvalue weighted by Gasteiger charge is 2.41. The number of carboxylic acids is 1. The molecule has 1 saturated heterocycles. The van der Waals surface area contributed by atoms with Gasteiger partial charge >= 0.3 is 5.97 Å². The molecule has 1 fully saturated rings. The number of carbonyl (C=O) groups excluding carboxylic acids is 1. The van der Waals surface area contributed by atoms with Gasteiger partial charge in [-0.2, -0.15) is 0 Å². The maximum absolute atomic E-state index is 12.6.